The van der Waals surface area contributed by atoms with Gasteiger partial charge in [-0.1, -0.05) is 6.07 Å². The van der Waals surface area contributed by atoms with Crippen LogP contribution in [0.25, 0.3) is 0 Å². The molecule has 1 N–H and O–H groups in total. The molecule has 0 heterocycles. The van der Waals surface area contributed by atoms with Gasteiger partial charge in [0.25, 0.3) is 0 Å². The third-order valence-corrected chi connectivity index (χ3v) is 2.98. The van der Waals surface area contributed by atoms with Gasteiger partial charge in [0.2, 0.25) is 0 Å². The summed E-state index contributed by atoms with van der Waals surface area (Å²) in [5.41, 5.74) is 0.930. The fraction of sp³-hybridized carbons (Fsp3) is 0.571. The van der Waals surface area contributed by atoms with E-state index < -0.39 is 0 Å². The molecule has 1 aromatic rings. The highest BCUT2D eigenvalue weighted by atomic mass is 16.5. The minimum Gasteiger partial charge on any atom is -0.490 e. The maximum atomic E-state index is 10.1. The zero-order valence-electron chi connectivity index (χ0n) is 10.5. The second kappa shape index (κ2) is 5.41. The van der Waals surface area contributed by atoms with Gasteiger partial charge >= 0.3 is 0 Å². The van der Waals surface area contributed by atoms with Gasteiger partial charge in [-0.2, -0.15) is 0 Å². The Morgan fingerprint density at radius 3 is 2.41 bits per heavy atom. The Hall–Kier alpha value is -1.22. The van der Waals surface area contributed by atoms with Gasteiger partial charge in [0.15, 0.2) is 11.5 Å². The van der Waals surface area contributed by atoms with Crippen LogP contribution in [0.5, 0.6) is 11.5 Å². The Labute approximate surface area is 102 Å². The Balaban J connectivity index is 2.20. The highest BCUT2D eigenvalue weighted by molar-refractivity contribution is 5.44. The molecule has 1 aliphatic rings. The zero-order valence-corrected chi connectivity index (χ0v) is 10.5. The van der Waals surface area contributed by atoms with E-state index in [1.54, 1.807) is 0 Å². The molecule has 0 spiro atoms. The Kier molecular flexibility index (Phi) is 3.89. The summed E-state index contributed by atoms with van der Waals surface area (Å²) in [6.45, 7) is 5.11. The number of aliphatic hydroxyl groups is 1. The van der Waals surface area contributed by atoms with Crippen molar-refractivity contribution in [2.45, 2.75) is 32.8 Å². The lowest BCUT2D eigenvalue weighted by Gasteiger charge is -2.15. The van der Waals surface area contributed by atoms with Crippen LogP contribution in [0.2, 0.25) is 0 Å². The summed E-state index contributed by atoms with van der Waals surface area (Å²) in [6, 6.07) is 5.71. The molecule has 2 rings (SSSR count). The topological polar surface area (TPSA) is 38.7 Å². The van der Waals surface area contributed by atoms with Gasteiger partial charge in [-0.15, -0.1) is 0 Å². The lowest BCUT2D eigenvalue weighted by molar-refractivity contribution is 0.153. The first-order valence-corrected chi connectivity index (χ1v) is 6.33. The quantitative estimate of drug-likeness (QED) is 0.825. The summed E-state index contributed by atoms with van der Waals surface area (Å²) in [5.74, 6) is 1.91. The number of rotatable bonds is 6. The molecule has 0 aliphatic heterocycles. The highest BCUT2D eigenvalue weighted by Crippen LogP contribution is 2.42. The van der Waals surface area contributed by atoms with Crippen LogP contribution in [0, 0.1) is 5.92 Å². The van der Waals surface area contributed by atoms with Gasteiger partial charge < -0.3 is 14.6 Å². The van der Waals surface area contributed by atoms with Gasteiger partial charge in [0.05, 0.1) is 19.3 Å². The molecule has 3 nitrogen and oxygen atoms in total. The van der Waals surface area contributed by atoms with Crippen molar-refractivity contribution in [3.05, 3.63) is 23.8 Å². The molecule has 94 valence electrons. The molecule has 0 amide bonds. The van der Waals surface area contributed by atoms with Gasteiger partial charge in [-0.3, -0.25) is 0 Å². The van der Waals surface area contributed by atoms with Crippen LogP contribution in [-0.4, -0.2) is 18.3 Å². The number of ether oxygens (including phenoxy) is 2. The van der Waals surface area contributed by atoms with Crippen molar-refractivity contribution >= 4 is 0 Å². The van der Waals surface area contributed by atoms with Crippen LogP contribution in [0.4, 0.5) is 0 Å². The summed E-state index contributed by atoms with van der Waals surface area (Å²) < 4.78 is 11.0. The van der Waals surface area contributed by atoms with Crippen molar-refractivity contribution < 1.29 is 14.6 Å². The predicted molar refractivity (Wildman–Crippen MR) is 66.5 cm³/mol. The van der Waals surface area contributed by atoms with Crippen molar-refractivity contribution in [2.24, 2.45) is 5.92 Å². The molecule has 1 fully saturated rings. The van der Waals surface area contributed by atoms with Gasteiger partial charge in [0.1, 0.15) is 0 Å². The summed E-state index contributed by atoms with van der Waals surface area (Å²) in [7, 11) is 0. The average Bonchev–Trinajstić information content (AvgIpc) is 3.15. The van der Waals surface area contributed by atoms with E-state index in [1.807, 2.05) is 32.0 Å². The van der Waals surface area contributed by atoms with E-state index in [4.69, 9.17) is 9.47 Å². The molecule has 1 unspecified atom stereocenters. The first kappa shape index (κ1) is 12.2. The fourth-order valence-corrected chi connectivity index (χ4v) is 1.94. The first-order chi connectivity index (χ1) is 8.26. The van der Waals surface area contributed by atoms with E-state index in [1.165, 1.54) is 0 Å². The Morgan fingerprint density at radius 1 is 1.18 bits per heavy atom. The minimum absolute atomic E-state index is 0.357. The number of aliphatic hydroxyl groups excluding tert-OH is 1. The number of hydrogen-bond donors (Lipinski definition) is 1. The maximum absolute atomic E-state index is 10.1. The summed E-state index contributed by atoms with van der Waals surface area (Å²) in [4.78, 5) is 0. The summed E-state index contributed by atoms with van der Waals surface area (Å²) in [5, 5.41) is 10.1. The molecule has 1 aromatic carbocycles. The second-order valence-corrected chi connectivity index (χ2v) is 4.35. The van der Waals surface area contributed by atoms with Crippen molar-refractivity contribution in [3.8, 4) is 11.5 Å². The summed E-state index contributed by atoms with van der Waals surface area (Å²) in [6.07, 6.45) is 1.89. The van der Waals surface area contributed by atoms with Crippen molar-refractivity contribution in [3.63, 3.8) is 0 Å². The molecule has 3 heteroatoms. The van der Waals surface area contributed by atoms with Crippen LogP contribution in [0.1, 0.15) is 38.4 Å². The average molecular weight is 236 g/mol. The first-order valence-electron chi connectivity index (χ1n) is 6.33. The lowest BCUT2D eigenvalue weighted by atomic mass is 10.0. The predicted octanol–water partition coefficient (Wildman–Crippen LogP) is 2.93. The molecule has 0 radical (unpaired) electrons. The van der Waals surface area contributed by atoms with Gasteiger partial charge in [0, 0.05) is 0 Å². The molecule has 1 atom stereocenters. The van der Waals surface area contributed by atoms with Crippen LogP contribution in [-0.2, 0) is 0 Å². The van der Waals surface area contributed by atoms with E-state index >= 15 is 0 Å². The smallest absolute Gasteiger partial charge is 0.161 e. The van der Waals surface area contributed by atoms with E-state index in [9.17, 15) is 5.11 Å². The molecule has 0 aromatic heterocycles. The lowest BCUT2D eigenvalue weighted by Crippen LogP contribution is -2.03. The highest BCUT2D eigenvalue weighted by Gasteiger charge is 2.31. The van der Waals surface area contributed by atoms with E-state index in [0.717, 1.165) is 29.9 Å². The largest absolute Gasteiger partial charge is 0.490 e. The third-order valence-electron chi connectivity index (χ3n) is 2.98. The van der Waals surface area contributed by atoms with Crippen molar-refractivity contribution in [1.82, 2.24) is 0 Å². The normalized spacial score (nSPS) is 16.6. The summed E-state index contributed by atoms with van der Waals surface area (Å²) >= 11 is 0. The molecule has 0 bridgehead atoms. The van der Waals surface area contributed by atoms with Gasteiger partial charge in [-0.25, -0.2) is 0 Å². The minimum atomic E-state index is -0.357. The van der Waals surface area contributed by atoms with Crippen LogP contribution < -0.4 is 9.47 Å². The molecular weight excluding hydrogens is 216 g/mol. The second-order valence-electron chi connectivity index (χ2n) is 4.35. The number of hydrogen-bond acceptors (Lipinski definition) is 3. The van der Waals surface area contributed by atoms with E-state index in [2.05, 4.69) is 0 Å². The monoisotopic (exact) mass is 236 g/mol. The molecule has 17 heavy (non-hydrogen) atoms. The fourth-order valence-electron chi connectivity index (χ4n) is 1.94. The van der Waals surface area contributed by atoms with Gasteiger partial charge in [-0.05, 0) is 50.3 Å². The number of benzene rings is 1. The van der Waals surface area contributed by atoms with Crippen LogP contribution >= 0.6 is 0 Å². The standard InChI is InChI=1S/C14H20O3/c1-3-16-12-8-7-11(9-13(12)17-4-2)14(15)10-5-6-10/h7-10,14-15H,3-6H2,1-2H3. The van der Waals surface area contributed by atoms with Crippen LogP contribution in [0.3, 0.4) is 0 Å². The molecular formula is C14H20O3. The van der Waals surface area contributed by atoms with E-state index in [-0.39, 0.29) is 6.10 Å². The van der Waals surface area contributed by atoms with Crippen LogP contribution in [0.15, 0.2) is 18.2 Å². The van der Waals surface area contributed by atoms with Crippen molar-refractivity contribution in [2.75, 3.05) is 13.2 Å². The van der Waals surface area contributed by atoms with Crippen molar-refractivity contribution in [1.29, 1.82) is 0 Å². The molecule has 1 aliphatic carbocycles. The zero-order chi connectivity index (χ0) is 12.3. The SMILES string of the molecule is CCOc1ccc(C(O)C2CC2)cc1OCC. The third kappa shape index (κ3) is 2.91. The molecule has 1 saturated carbocycles. The Bertz CT molecular complexity index is 372. The maximum Gasteiger partial charge on any atom is 0.161 e. The Morgan fingerprint density at radius 2 is 1.82 bits per heavy atom. The molecule has 0 saturated heterocycles. The van der Waals surface area contributed by atoms with E-state index in [0.29, 0.717) is 19.1 Å².